The van der Waals surface area contributed by atoms with Gasteiger partial charge in [-0.3, -0.25) is 4.68 Å². The largest absolute Gasteiger partial charge is 0.338 e. The maximum atomic E-state index is 12.3. The van der Waals surface area contributed by atoms with E-state index in [1.54, 1.807) is 10.9 Å². The smallest absolute Gasteiger partial charge is 0.319 e. The Balaban J connectivity index is 1.56. The zero-order valence-electron chi connectivity index (χ0n) is 15.3. The summed E-state index contributed by atoms with van der Waals surface area (Å²) < 4.78 is 3.70. The fourth-order valence-corrected chi connectivity index (χ4v) is 2.84. The molecule has 3 rings (SSSR count). The van der Waals surface area contributed by atoms with Crippen LogP contribution in [0.2, 0.25) is 0 Å². The molecule has 2 heterocycles. The van der Waals surface area contributed by atoms with Crippen molar-refractivity contribution in [3.8, 4) is 5.69 Å². The number of amides is 2. The predicted octanol–water partition coefficient (Wildman–Crippen LogP) is 3.14. The second kappa shape index (κ2) is 7.86. The highest BCUT2D eigenvalue weighted by Crippen LogP contribution is 2.18. The number of anilines is 1. The summed E-state index contributed by atoms with van der Waals surface area (Å²) in [5.41, 5.74) is 3.67. The number of aromatic nitrogens is 4. The Labute approximate surface area is 153 Å². The van der Waals surface area contributed by atoms with Crippen LogP contribution in [-0.2, 0) is 6.54 Å². The monoisotopic (exact) mass is 352 g/mol. The van der Waals surface area contributed by atoms with Crippen LogP contribution in [0.4, 0.5) is 10.5 Å². The molecule has 1 atom stereocenters. The molecular formula is C19H24N6O. The van der Waals surface area contributed by atoms with Gasteiger partial charge in [0.1, 0.15) is 0 Å². The average molecular weight is 352 g/mol. The maximum absolute atomic E-state index is 12.3. The van der Waals surface area contributed by atoms with Gasteiger partial charge < -0.3 is 10.6 Å². The van der Waals surface area contributed by atoms with Crippen LogP contribution in [0.3, 0.4) is 0 Å². The third-order valence-corrected chi connectivity index (χ3v) is 4.10. The van der Waals surface area contributed by atoms with Crippen molar-refractivity contribution in [3.63, 3.8) is 0 Å². The first-order chi connectivity index (χ1) is 12.5. The fourth-order valence-electron chi connectivity index (χ4n) is 2.84. The molecule has 3 aromatic rings. The van der Waals surface area contributed by atoms with Crippen LogP contribution >= 0.6 is 0 Å². The number of carbonyl (C=O) groups is 1. The van der Waals surface area contributed by atoms with E-state index < -0.39 is 0 Å². The van der Waals surface area contributed by atoms with Gasteiger partial charge in [-0.2, -0.15) is 10.2 Å². The van der Waals surface area contributed by atoms with E-state index >= 15 is 0 Å². The van der Waals surface area contributed by atoms with Crippen LogP contribution in [0, 0.1) is 19.8 Å². The third kappa shape index (κ3) is 4.30. The second-order valence-corrected chi connectivity index (χ2v) is 6.52. The Morgan fingerprint density at radius 1 is 1.23 bits per heavy atom. The molecule has 7 heteroatoms. The average Bonchev–Trinajstić information content (AvgIpc) is 3.24. The van der Waals surface area contributed by atoms with Gasteiger partial charge in [-0.1, -0.05) is 19.1 Å². The van der Waals surface area contributed by atoms with Crippen LogP contribution in [0.15, 0.2) is 48.8 Å². The van der Waals surface area contributed by atoms with Gasteiger partial charge in [-0.05, 0) is 44.0 Å². The molecular weight excluding hydrogens is 328 g/mol. The number of rotatable bonds is 6. The topological polar surface area (TPSA) is 76.8 Å². The first kappa shape index (κ1) is 17.7. The van der Waals surface area contributed by atoms with E-state index in [-0.39, 0.29) is 11.9 Å². The number of para-hydroxylation sites is 2. The molecule has 1 aromatic carbocycles. The summed E-state index contributed by atoms with van der Waals surface area (Å²) in [4.78, 5) is 12.3. The van der Waals surface area contributed by atoms with Gasteiger partial charge in [0.25, 0.3) is 0 Å². The molecule has 0 saturated carbocycles. The predicted molar refractivity (Wildman–Crippen MR) is 101 cm³/mol. The van der Waals surface area contributed by atoms with Crippen molar-refractivity contribution in [2.45, 2.75) is 27.3 Å². The minimum atomic E-state index is -0.232. The van der Waals surface area contributed by atoms with E-state index in [1.807, 2.05) is 55.1 Å². The lowest BCUT2D eigenvalue weighted by Gasteiger charge is -2.15. The Morgan fingerprint density at radius 3 is 2.73 bits per heavy atom. The zero-order valence-corrected chi connectivity index (χ0v) is 15.3. The third-order valence-electron chi connectivity index (χ3n) is 4.10. The van der Waals surface area contributed by atoms with Crippen molar-refractivity contribution in [2.75, 3.05) is 11.9 Å². The van der Waals surface area contributed by atoms with Crippen molar-refractivity contribution < 1.29 is 4.79 Å². The molecule has 0 radical (unpaired) electrons. The van der Waals surface area contributed by atoms with Crippen molar-refractivity contribution in [2.24, 2.45) is 5.92 Å². The van der Waals surface area contributed by atoms with Crippen molar-refractivity contribution in [3.05, 3.63) is 60.2 Å². The quantitative estimate of drug-likeness (QED) is 0.715. The number of hydrogen-bond acceptors (Lipinski definition) is 3. The molecule has 0 aliphatic carbocycles. The van der Waals surface area contributed by atoms with E-state index in [1.165, 1.54) is 0 Å². The molecule has 2 aromatic heterocycles. The lowest BCUT2D eigenvalue weighted by molar-refractivity contribution is 0.249. The number of aryl methyl sites for hydroxylation is 2. The Kier molecular flexibility index (Phi) is 5.36. The Hall–Kier alpha value is -3.09. The lowest BCUT2D eigenvalue weighted by Crippen LogP contribution is -2.34. The molecule has 0 saturated heterocycles. The van der Waals surface area contributed by atoms with E-state index in [2.05, 4.69) is 33.8 Å². The van der Waals surface area contributed by atoms with Crippen LogP contribution in [0.1, 0.15) is 18.3 Å². The first-order valence-corrected chi connectivity index (χ1v) is 8.68. The highest BCUT2D eigenvalue weighted by Gasteiger charge is 2.11. The van der Waals surface area contributed by atoms with E-state index in [0.29, 0.717) is 12.2 Å². The summed E-state index contributed by atoms with van der Waals surface area (Å²) >= 11 is 0. The van der Waals surface area contributed by atoms with Crippen LogP contribution in [-0.4, -0.2) is 32.1 Å². The van der Waals surface area contributed by atoms with Gasteiger partial charge in [0.15, 0.2) is 0 Å². The number of nitrogens with one attached hydrogen (secondary N) is 2. The Morgan fingerprint density at radius 2 is 2.04 bits per heavy atom. The molecule has 0 fully saturated rings. The van der Waals surface area contributed by atoms with E-state index in [0.717, 1.165) is 23.6 Å². The molecule has 2 amide bonds. The lowest BCUT2D eigenvalue weighted by atomic mass is 10.2. The first-order valence-electron chi connectivity index (χ1n) is 8.68. The van der Waals surface area contributed by atoms with Crippen LogP contribution in [0.5, 0.6) is 0 Å². The highest BCUT2D eigenvalue weighted by molar-refractivity contribution is 5.91. The summed E-state index contributed by atoms with van der Waals surface area (Å²) in [6.45, 7) is 7.45. The van der Waals surface area contributed by atoms with Gasteiger partial charge in [0.05, 0.1) is 17.1 Å². The molecule has 0 unspecified atom stereocenters. The maximum Gasteiger partial charge on any atom is 0.319 e. The second-order valence-electron chi connectivity index (χ2n) is 6.52. The van der Waals surface area contributed by atoms with E-state index in [9.17, 15) is 4.79 Å². The number of carbonyl (C=O) groups excluding carboxylic acids is 1. The highest BCUT2D eigenvalue weighted by atomic mass is 16.2. The van der Waals surface area contributed by atoms with Gasteiger partial charge in [0.2, 0.25) is 0 Å². The van der Waals surface area contributed by atoms with Crippen LogP contribution in [0.25, 0.3) is 5.69 Å². The molecule has 7 nitrogen and oxygen atoms in total. The molecule has 0 aliphatic rings. The molecule has 26 heavy (non-hydrogen) atoms. The number of benzene rings is 1. The van der Waals surface area contributed by atoms with Crippen LogP contribution < -0.4 is 10.6 Å². The summed E-state index contributed by atoms with van der Waals surface area (Å²) in [7, 11) is 0. The van der Waals surface area contributed by atoms with E-state index in [4.69, 9.17) is 0 Å². The summed E-state index contributed by atoms with van der Waals surface area (Å²) in [5.74, 6) is 0.264. The summed E-state index contributed by atoms with van der Waals surface area (Å²) in [6, 6.07) is 11.2. The molecule has 0 bridgehead atoms. The van der Waals surface area contributed by atoms with Gasteiger partial charge in [-0.25, -0.2) is 9.48 Å². The summed E-state index contributed by atoms with van der Waals surface area (Å²) in [5, 5.41) is 14.5. The zero-order chi connectivity index (χ0) is 18.5. The summed E-state index contributed by atoms with van der Waals surface area (Å²) in [6.07, 6.45) is 3.55. The SMILES string of the molecule is Cc1cc(C)n(C[C@H](C)CNC(=O)Nc2ccccc2-n2cccn2)n1. The van der Waals surface area contributed by atoms with Crippen molar-refractivity contribution >= 4 is 11.7 Å². The van der Waals surface area contributed by atoms with Gasteiger partial charge in [-0.15, -0.1) is 0 Å². The van der Waals surface area contributed by atoms with Crippen molar-refractivity contribution in [1.82, 2.24) is 24.9 Å². The number of nitrogens with zero attached hydrogens (tertiary/aromatic N) is 4. The molecule has 0 spiro atoms. The minimum absolute atomic E-state index is 0.232. The Bertz CT molecular complexity index is 868. The number of urea groups is 1. The molecule has 2 N–H and O–H groups in total. The van der Waals surface area contributed by atoms with Gasteiger partial charge in [0, 0.05) is 31.2 Å². The molecule has 136 valence electrons. The fraction of sp³-hybridized carbons (Fsp3) is 0.316. The van der Waals surface area contributed by atoms with Crippen molar-refractivity contribution in [1.29, 1.82) is 0 Å². The normalized spacial score (nSPS) is 12.0. The standard InChI is InChI=1S/C19H24N6O/c1-14(13-25-16(3)11-15(2)23-25)12-20-19(26)22-17-7-4-5-8-18(17)24-10-6-9-21-24/h4-11,14H,12-13H2,1-3H3,(H2,20,22,26)/t14-/m1/s1. The van der Waals surface area contributed by atoms with Gasteiger partial charge >= 0.3 is 6.03 Å². The molecule has 0 aliphatic heterocycles. The minimum Gasteiger partial charge on any atom is -0.338 e. The number of hydrogen-bond donors (Lipinski definition) is 2.